The van der Waals surface area contributed by atoms with Crippen LogP contribution in [0, 0.1) is 11.3 Å². The number of hydrogen-bond acceptors (Lipinski definition) is 6. The number of hydrogen-bond donors (Lipinski definition) is 1. The lowest BCUT2D eigenvalue weighted by molar-refractivity contribution is 0.0929. The maximum absolute atomic E-state index is 12.3. The second kappa shape index (κ2) is 8.91. The molecule has 0 spiro atoms. The lowest BCUT2D eigenvalue weighted by atomic mass is 10.2. The summed E-state index contributed by atoms with van der Waals surface area (Å²) in [6.07, 6.45) is 1.46. The average molecular weight is 507 g/mol. The maximum Gasteiger partial charge on any atom is 0.307 e. The Kier molecular flexibility index (Phi) is 6.34. The molecule has 0 saturated carbocycles. The van der Waals surface area contributed by atoms with E-state index >= 15 is 0 Å². The van der Waals surface area contributed by atoms with Gasteiger partial charge in [-0.2, -0.15) is 10.4 Å². The summed E-state index contributed by atoms with van der Waals surface area (Å²) in [6, 6.07) is 12.3. The fourth-order valence-electron chi connectivity index (χ4n) is 2.37. The Hall–Kier alpha value is -2.83. The van der Waals surface area contributed by atoms with Gasteiger partial charge in [0.2, 0.25) is 0 Å². The molecule has 3 rings (SSSR count). The number of halogens is 2. The van der Waals surface area contributed by atoms with Crippen LogP contribution < -0.4 is 14.9 Å². The minimum atomic E-state index is -0.472. The number of nitriles is 1. The van der Waals surface area contributed by atoms with E-state index < -0.39 is 5.91 Å². The molecule has 1 N–H and O–H groups in total. The van der Waals surface area contributed by atoms with Gasteiger partial charge in [-0.25, -0.2) is 5.43 Å². The van der Waals surface area contributed by atoms with Gasteiger partial charge in [-0.05, 0) is 52.3 Å². The van der Waals surface area contributed by atoms with Gasteiger partial charge < -0.3 is 13.9 Å². The zero-order chi connectivity index (χ0) is 20.1. The molecule has 1 amide bonds. The van der Waals surface area contributed by atoms with Crippen LogP contribution in [0.25, 0.3) is 11.0 Å². The van der Waals surface area contributed by atoms with Crippen molar-refractivity contribution in [1.82, 2.24) is 5.43 Å². The average Bonchev–Trinajstić information content (AvgIpc) is 3.10. The van der Waals surface area contributed by atoms with E-state index in [0.29, 0.717) is 27.1 Å². The molecule has 0 fully saturated rings. The molecule has 0 radical (unpaired) electrons. The van der Waals surface area contributed by atoms with Crippen molar-refractivity contribution in [3.05, 3.63) is 56.7 Å². The van der Waals surface area contributed by atoms with Crippen LogP contribution in [0.15, 0.2) is 54.9 Å². The molecule has 1 aromatic heterocycles. The number of nitrogens with zero attached hydrogens (tertiary/aromatic N) is 2. The Balaban J connectivity index is 1.74. The highest BCUT2D eigenvalue weighted by molar-refractivity contribution is 9.10. The first-order valence-electron chi connectivity index (χ1n) is 7.91. The number of methoxy groups -OCH3 is 1. The van der Waals surface area contributed by atoms with Gasteiger partial charge in [-0.1, -0.05) is 15.9 Å². The van der Waals surface area contributed by atoms with Crippen LogP contribution in [0.1, 0.15) is 16.1 Å². The monoisotopic (exact) mass is 505 g/mol. The molecule has 0 bridgehead atoms. The molecule has 9 heteroatoms. The van der Waals surface area contributed by atoms with E-state index in [1.54, 1.807) is 24.3 Å². The van der Waals surface area contributed by atoms with Crippen molar-refractivity contribution in [1.29, 1.82) is 5.26 Å². The van der Waals surface area contributed by atoms with Crippen LogP contribution in [-0.2, 0) is 0 Å². The number of carbonyl (C=O) groups excluding carboxylic acids is 1. The predicted octanol–water partition coefficient (Wildman–Crippen LogP) is 4.63. The molecule has 28 heavy (non-hydrogen) atoms. The third-order valence-corrected chi connectivity index (χ3v) is 4.83. The van der Waals surface area contributed by atoms with Gasteiger partial charge in [-0.3, -0.25) is 4.79 Å². The summed E-state index contributed by atoms with van der Waals surface area (Å²) in [5.41, 5.74) is 3.68. The van der Waals surface area contributed by atoms with Gasteiger partial charge in [0, 0.05) is 19.9 Å². The minimum absolute atomic E-state index is 0.0969. The highest BCUT2D eigenvalue weighted by Crippen LogP contribution is 2.32. The van der Waals surface area contributed by atoms with Gasteiger partial charge in [0.05, 0.1) is 13.3 Å². The number of benzene rings is 2. The lowest BCUT2D eigenvalue weighted by Gasteiger charge is -2.10. The summed E-state index contributed by atoms with van der Waals surface area (Å²) >= 11 is 6.78. The normalized spacial score (nSPS) is 10.8. The van der Waals surface area contributed by atoms with E-state index in [-0.39, 0.29) is 12.4 Å². The smallest absolute Gasteiger partial charge is 0.307 e. The second-order valence-electron chi connectivity index (χ2n) is 5.46. The Morgan fingerprint density at radius 2 is 2.11 bits per heavy atom. The predicted molar refractivity (Wildman–Crippen MR) is 111 cm³/mol. The first kappa shape index (κ1) is 19.9. The fraction of sp³-hybridized carbons (Fsp3) is 0.105. The van der Waals surface area contributed by atoms with Crippen LogP contribution in [0.2, 0.25) is 0 Å². The number of fused-ring (bicyclic) bond motifs is 1. The van der Waals surface area contributed by atoms with Crippen LogP contribution in [-0.4, -0.2) is 25.8 Å². The van der Waals surface area contributed by atoms with Crippen molar-refractivity contribution in [3.63, 3.8) is 0 Å². The molecule has 0 unspecified atom stereocenters. The summed E-state index contributed by atoms with van der Waals surface area (Å²) in [6.45, 7) is -0.0969. The summed E-state index contributed by atoms with van der Waals surface area (Å²) < 4.78 is 17.6. The molecule has 2 aromatic carbocycles. The van der Waals surface area contributed by atoms with Crippen LogP contribution in [0.4, 0.5) is 0 Å². The first-order chi connectivity index (χ1) is 13.5. The number of carbonyl (C=O) groups is 1. The lowest BCUT2D eigenvalue weighted by Crippen LogP contribution is -2.16. The van der Waals surface area contributed by atoms with E-state index in [0.717, 1.165) is 9.86 Å². The number of ether oxygens (including phenoxy) is 2. The largest absolute Gasteiger partial charge is 0.493 e. The molecule has 3 aromatic rings. The van der Waals surface area contributed by atoms with Gasteiger partial charge in [0.15, 0.2) is 23.9 Å². The molecule has 0 atom stereocenters. The zero-order valence-corrected chi connectivity index (χ0v) is 17.7. The molecule has 142 valence electrons. The Labute approximate surface area is 177 Å². The maximum atomic E-state index is 12.3. The van der Waals surface area contributed by atoms with Gasteiger partial charge in [0.1, 0.15) is 11.7 Å². The topological polar surface area (TPSA) is 96.8 Å². The highest BCUT2D eigenvalue weighted by Gasteiger charge is 2.12. The van der Waals surface area contributed by atoms with Crippen molar-refractivity contribution in [3.8, 4) is 17.6 Å². The zero-order valence-electron chi connectivity index (χ0n) is 14.5. The Morgan fingerprint density at radius 1 is 1.29 bits per heavy atom. The van der Waals surface area contributed by atoms with Gasteiger partial charge >= 0.3 is 5.91 Å². The second-order valence-corrected chi connectivity index (χ2v) is 7.23. The number of nitrogens with one attached hydrogen (secondary N) is 1. The molecular weight excluding hydrogens is 494 g/mol. The fourth-order valence-corrected chi connectivity index (χ4v) is 3.18. The van der Waals surface area contributed by atoms with Crippen LogP contribution in [0.3, 0.4) is 0 Å². The summed E-state index contributed by atoms with van der Waals surface area (Å²) in [4.78, 5) is 12.3. The van der Waals surface area contributed by atoms with E-state index in [4.69, 9.17) is 19.2 Å². The van der Waals surface area contributed by atoms with Crippen molar-refractivity contribution in [2.24, 2.45) is 5.10 Å². The molecule has 7 nitrogen and oxygen atoms in total. The third kappa shape index (κ3) is 4.52. The SMILES string of the molecule is COc1cc(/C=N/NC(=O)c2cc3cc(Br)ccc3o2)c(Br)cc1OCC#N. The van der Waals surface area contributed by atoms with Crippen LogP contribution >= 0.6 is 31.9 Å². The van der Waals surface area contributed by atoms with E-state index in [2.05, 4.69) is 42.4 Å². The van der Waals surface area contributed by atoms with E-state index in [1.165, 1.54) is 13.3 Å². The molecule has 0 aliphatic heterocycles. The molecular formula is C19H13Br2N3O4. The van der Waals surface area contributed by atoms with Crippen molar-refractivity contribution >= 4 is 55.0 Å². The van der Waals surface area contributed by atoms with Crippen molar-refractivity contribution in [2.45, 2.75) is 0 Å². The number of furan rings is 1. The van der Waals surface area contributed by atoms with Gasteiger partial charge in [-0.15, -0.1) is 0 Å². The van der Waals surface area contributed by atoms with Crippen LogP contribution in [0.5, 0.6) is 11.5 Å². The van der Waals surface area contributed by atoms with E-state index in [1.807, 2.05) is 18.2 Å². The number of amides is 1. The molecule has 0 aliphatic rings. The minimum Gasteiger partial charge on any atom is -0.493 e. The third-order valence-electron chi connectivity index (χ3n) is 3.65. The standard InChI is InChI=1S/C19H13Br2N3O4/c1-26-16-8-12(14(21)9-17(16)27-5-4-22)10-23-24-19(25)18-7-11-6-13(20)2-3-15(11)28-18/h2-3,6-10H,5H2,1H3,(H,24,25)/b23-10+. The Bertz CT molecular complexity index is 1100. The molecule has 0 saturated heterocycles. The first-order valence-corrected chi connectivity index (χ1v) is 9.50. The summed E-state index contributed by atoms with van der Waals surface area (Å²) in [5, 5.41) is 13.4. The number of hydrazone groups is 1. The van der Waals surface area contributed by atoms with Crippen molar-refractivity contribution in [2.75, 3.05) is 13.7 Å². The summed E-state index contributed by atoms with van der Waals surface area (Å²) in [7, 11) is 1.49. The van der Waals surface area contributed by atoms with E-state index in [9.17, 15) is 4.79 Å². The number of rotatable bonds is 6. The Morgan fingerprint density at radius 3 is 2.86 bits per heavy atom. The molecule has 0 aliphatic carbocycles. The van der Waals surface area contributed by atoms with Gasteiger partial charge in [0.25, 0.3) is 0 Å². The quantitative estimate of drug-likeness (QED) is 0.388. The summed E-state index contributed by atoms with van der Waals surface area (Å²) in [5.74, 6) is 0.544. The van der Waals surface area contributed by atoms with Crippen molar-refractivity contribution < 1.29 is 18.7 Å². The molecule has 1 heterocycles. The highest BCUT2D eigenvalue weighted by atomic mass is 79.9.